The summed E-state index contributed by atoms with van der Waals surface area (Å²) in [6, 6.07) is 7.08. The number of methoxy groups -OCH3 is 2. The quantitative estimate of drug-likeness (QED) is 0.582. The molecule has 0 bridgehead atoms. The fraction of sp³-hybridized carbons (Fsp3) is 0.263. The van der Waals surface area contributed by atoms with Gasteiger partial charge in [0.2, 0.25) is 5.88 Å². The topological polar surface area (TPSA) is 132 Å². The van der Waals surface area contributed by atoms with Crippen molar-refractivity contribution in [2.75, 3.05) is 26.5 Å². The number of hydrogen-bond donors (Lipinski definition) is 3. The third kappa shape index (κ3) is 3.65. The van der Waals surface area contributed by atoms with Crippen LogP contribution in [0.4, 0.5) is 5.69 Å². The summed E-state index contributed by atoms with van der Waals surface area (Å²) >= 11 is 0. The Bertz CT molecular complexity index is 1020. The molecule has 0 radical (unpaired) electrons. The van der Waals surface area contributed by atoms with E-state index in [1.807, 2.05) is 6.07 Å². The van der Waals surface area contributed by atoms with Crippen LogP contribution in [0.3, 0.4) is 0 Å². The zero-order valence-corrected chi connectivity index (χ0v) is 15.8. The Labute approximate surface area is 161 Å². The summed E-state index contributed by atoms with van der Waals surface area (Å²) < 4.78 is 10.6. The van der Waals surface area contributed by atoms with Gasteiger partial charge in [-0.2, -0.15) is 0 Å². The molecule has 0 aliphatic rings. The molecule has 1 unspecified atom stereocenters. The molecule has 4 N–H and O–H groups in total. The van der Waals surface area contributed by atoms with E-state index in [1.165, 1.54) is 7.11 Å². The monoisotopic (exact) mass is 383 g/mol. The molecule has 0 spiro atoms. The number of nitrogen functional groups attached to an aromatic ring is 1. The number of aliphatic hydroxyl groups excluding tert-OH is 1. The van der Waals surface area contributed by atoms with Crippen LogP contribution in [0.15, 0.2) is 30.5 Å². The minimum absolute atomic E-state index is 0.00474. The second-order valence-electron chi connectivity index (χ2n) is 6.15. The minimum Gasteiger partial charge on any atom is -0.496 e. The number of nitrogens with zero attached hydrogens (tertiary/aromatic N) is 3. The summed E-state index contributed by atoms with van der Waals surface area (Å²) in [5.41, 5.74) is 8.31. The van der Waals surface area contributed by atoms with Gasteiger partial charge >= 0.3 is 0 Å². The second kappa shape index (κ2) is 8.05. The Morgan fingerprint density at radius 1 is 1.25 bits per heavy atom. The number of nitrogens with two attached hydrogens (primary N) is 1. The van der Waals surface area contributed by atoms with Crippen LogP contribution in [0.1, 0.15) is 17.4 Å². The average Bonchev–Trinajstić information content (AvgIpc) is 2.71. The van der Waals surface area contributed by atoms with Crippen LogP contribution < -0.4 is 20.5 Å². The molecule has 9 nitrogen and oxygen atoms in total. The third-order valence-corrected chi connectivity index (χ3v) is 4.16. The maximum Gasteiger partial charge on any atom is 0.274 e. The molecular weight excluding hydrogens is 362 g/mol. The number of pyridine rings is 1. The second-order valence-corrected chi connectivity index (χ2v) is 6.15. The highest BCUT2D eigenvalue weighted by molar-refractivity contribution is 6.07. The zero-order valence-electron chi connectivity index (χ0n) is 15.8. The first kappa shape index (κ1) is 19.3. The maximum atomic E-state index is 12.3. The minimum atomic E-state index is -0.680. The predicted octanol–water partition coefficient (Wildman–Crippen LogP) is 1.40. The molecule has 0 fully saturated rings. The highest BCUT2D eigenvalue weighted by atomic mass is 16.5. The maximum absolute atomic E-state index is 12.3. The predicted molar refractivity (Wildman–Crippen MR) is 104 cm³/mol. The fourth-order valence-electron chi connectivity index (χ4n) is 2.76. The van der Waals surface area contributed by atoms with Crippen LogP contribution in [0.2, 0.25) is 0 Å². The van der Waals surface area contributed by atoms with E-state index in [1.54, 1.807) is 38.4 Å². The number of ether oxygens (including phenoxy) is 2. The van der Waals surface area contributed by atoms with E-state index >= 15 is 0 Å². The van der Waals surface area contributed by atoms with Crippen molar-refractivity contribution < 1.29 is 19.4 Å². The average molecular weight is 383 g/mol. The number of carbonyl (C=O) groups is 1. The van der Waals surface area contributed by atoms with E-state index in [0.717, 1.165) is 0 Å². The lowest BCUT2D eigenvalue weighted by Crippen LogP contribution is -2.31. The van der Waals surface area contributed by atoms with Crippen molar-refractivity contribution in [3.63, 3.8) is 0 Å². The number of carbonyl (C=O) groups excluding carboxylic acids is 1. The number of nitrogens with one attached hydrogen (secondary N) is 1. The van der Waals surface area contributed by atoms with Gasteiger partial charge in [0.25, 0.3) is 5.91 Å². The molecule has 2 heterocycles. The van der Waals surface area contributed by atoms with Crippen molar-refractivity contribution in [2.24, 2.45) is 0 Å². The standard InChI is InChI=1S/C19H21N5O4/c1-10(25)8-22-19(26)18-16(20)12-6-4-5-11(17(12)23-24-18)13-9-21-15(28-3)7-14(13)27-2/h4-7,9-10,25H,8H2,1-3H3,(H2,20,23)(H,22,26). The summed E-state index contributed by atoms with van der Waals surface area (Å²) in [7, 11) is 3.07. The lowest BCUT2D eigenvalue weighted by molar-refractivity contribution is 0.0919. The van der Waals surface area contributed by atoms with Gasteiger partial charge in [-0.1, -0.05) is 18.2 Å². The Kier molecular flexibility index (Phi) is 5.55. The van der Waals surface area contributed by atoms with Gasteiger partial charge in [-0.3, -0.25) is 4.79 Å². The first-order valence-electron chi connectivity index (χ1n) is 8.55. The molecule has 1 amide bonds. The van der Waals surface area contributed by atoms with Crippen molar-refractivity contribution in [2.45, 2.75) is 13.0 Å². The molecule has 3 rings (SSSR count). The van der Waals surface area contributed by atoms with Gasteiger partial charge < -0.3 is 25.6 Å². The smallest absolute Gasteiger partial charge is 0.274 e. The van der Waals surface area contributed by atoms with Crippen molar-refractivity contribution in [3.8, 4) is 22.8 Å². The fourth-order valence-corrected chi connectivity index (χ4v) is 2.76. The highest BCUT2D eigenvalue weighted by Crippen LogP contribution is 2.36. The first-order chi connectivity index (χ1) is 13.5. The Morgan fingerprint density at radius 3 is 2.71 bits per heavy atom. The van der Waals surface area contributed by atoms with E-state index in [-0.39, 0.29) is 17.9 Å². The lowest BCUT2D eigenvalue weighted by Gasteiger charge is -2.13. The first-order valence-corrected chi connectivity index (χ1v) is 8.55. The summed E-state index contributed by atoms with van der Waals surface area (Å²) in [5, 5.41) is 20.7. The highest BCUT2D eigenvalue weighted by Gasteiger charge is 2.19. The summed E-state index contributed by atoms with van der Waals surface area (Å²) in [5.74, 6) is 0.476. The molecule has 0 aliphatic heterocycles. The van der Waals surface area contributed by atoms with Crippen molar-refractivity contribution in [1.82, 2.24) is 20.5 Å². The van der Waals surface area contributed by atoms with Crippen LogP contribution in [0.25, 0.3) is 22.0 Å². The normalized spacial score (nSPS) is 11.9. The van der Waals surface area contributed by atoms with E-state index in [0.29, 0.717) is 33.7 Å². The van der Waals surface area contributed by atoms with Gasteiger partial charge in [0.15, 0.2) is 5.69 Å². The molecule has 1 aromatic carbocycles. The largest absolute Gasteiger partial charge is 0.496 e. The van der Waals surface area contributed by atoms with E-state index in [9.17, 15) is 9.90 Å². The molecule has 0 saturated heterocycles. The molecule has 28 heavy (non-hydrogen) atoms. The van der Waals surface area contributed by atoms with Gasteiger partial charge in [0.05, 0.1) is 26.0 Å². The van der Waals surface area contributed by atoms with Crippen LogP contribution in [0.5, 0.6) is 11.6 Å². The summed E-state index contributed by atoms with van der Waals surface area (Å²) in [4.78, 5) is 16.5. The van der Waals surface area contributed by atoms with Gasteiger partial charge in [0.1, 0.15) is 11.3 Å². The Morgan fingerprint density at radius 2 is 2.04 bits per heavy atom. The summed E-state index contributed by atoms with van der Waals surface area (Å²) in [6.45, 7) is 1.66. The number of aromatic nitrogens is 3. The van der Waals surface area contributed by atoms with E-state index in [2.05, 4.69) is 20.5 Å². The Hall–Kier alpha value is -3.46. The van der Waals surface area contributed by atoms with Gasteiger partial charge in [-0.15, -0.1) is 10.2 Å². The van der Waals surface area contributed by atoms with Crippen molar-refractivity contribution in [3.05, 3.63) is 36.2 Å². The van der Waals surface area contributed by atoms with Crippen LogP contribution in [-0.2, 0) is 0 Å². The number of fused-ring (bicyclic) bond motifs is 1. The molecule has 2 aromatic heterocycles. The SMILES string of the molecule is COc1cc(OC)c(-c2cccc3c(N)c(C(=O)NCC(C)O)nnc23)cn1. The molecule has 1 atom stereocenters. The van der Waals surface area contributed by atoms with Gasteiger partial charge in [-0.25, -0.2) is 4.98 Å². The van der Waals surface area contributed by atoms with Crippen LogP contribution in [-0.4, -0.2) is 53.1 Å². The van der Waals surface area contributed by atoms with Crippen LogP contribution in [0, 0.1) is 0 Å². The number of rotatable bonds is 6. The zero-order chi connectivity index (χ0) is 20.3. The summed E-state index contributed by atoms with van der Waals surface area (Å²) in [6.07, 6.45) is 0.938. The molecule has 9 heteroatoms. The molecule has 0 saturated carbocycles. The molecule has 3 aromatic rings. The number of anilines is 1. The third-order valence-electron chi connectivity index (χ3n) is 4.16. The van der Waals surface area contributed by atoms with Crippen molar-refractivity contribution >= 4 is 22.5 Å². The number of aliphatic hydroxyl groups is 1. The van der Waals surface area contributed by atoms with E-state index in [4.69, 9.17) is 15.2 Å². The Balaban J connectivity index is 2.10. The molecule has 0 aliphatic carbocycles. The number of hydrogen-bond acceptors (Lipinski definition) is 8. The van der Waals surface area contributed by atoms with Gasteiger partial charge in [-0.05, 0) is 6.92 Å². The van der Waals surface area contributed by atoms with Gasteiger partial charge in [0, 0.05) is 35.3 Å². The lowest BCUT2D eigenvalue weighted by atomic mass is 10.0. The number of benzene rings is 1. The van der Waals surface area contributed by atoms with Crippen molar-refractivity contribution in [1.29, 1.82) is 0 Å². The van der Waals surface area contributed by atoms with Crippen LogP contribution >= 0.6 is 0 Å². The molecule has 146 valence electrons. The molecular formula is C19H21N5O4. The number of amides is 1. The van der Waals surface area contributed by atoms with E-state index < -0.39 is 12.0 Å².